The van der Waals surface area contributed by atoms with Crippen molar-refractivity contribution in [3.8, 4) is 0 Å². The molecule has 0 aliphatic carbocycles. The summed E-state index contributed by atoms with van der Waals surface area (Å²) in [7, 11) is 0. The second-order valence-corrected chi connectivity index (χ2v) is 4.24. The number of aromatic amines is 1. The average molecular weight is 258 g/mol. The van der Waals surface area contributed by atoms with Gasteiger partial charge in [-0.2, -0.15) is 0 Å². The van der Waals surface area contributed by atoms with Gasteiger partial charge in [0.15, 0.2) is 11.3 Å². The number of aliphatic carboxylic acids is 1. The van der Waals surface area contributed by atoms with E-state index in [0.29, 0.717) is 23.9 Å². The summed E-state index contributed by atoms with van der Waals surface area (Å²) in [6, 6.07) is 1.32. The molecular formula is C10H14N2O4S. The van der Waals surface area contributed by atoms with Gasteiger partial charge in [0.05, 0.1) is 0 Å². The summed E-state index contributed by atoms with van der Waals surface area (Å²) in [5.74, 6) is -0.453. The van der Waals surface area contributed by atoms with Crippen LogP contribution in [0.25, 0.3) is 0 Å². The number of nitrogens with zero attached hydrogens (tertiary/aromatic N) is 1. The molecule has 0 radical (unpaired) electrons. The molecular weight excluding hydrogens is 244 g/mol. The van der Waals surface area contributed by atoms with Gasteiger partial charge in [0.2, 0.25) is 0 Å². The zero-order chi connectivity index (χ0) is 12.7. The van der Waals surface area contributed by atoms with Crippen molar-refractivity contribution in [2.75, 3.05) is 12.4 Å². The van der Waals surface area contributed by atoms with Gasteiger partial charge in [0.25, 0.3) is 5.56 Å². The zero-order valence-electron chi connectivity index (χ0n) is 9.38. The highest BCUT2D eigenvalue weighted by Gasteiger charge is 2.16. The van der Waals surface area contributed by atoms with Crippen molar-refractivity contribution in [2.24, 2.45) is 0 Å². The summed E-state index contributed by atoms with van der Waals surface area (Å²) in [6.07, 6.45) is 0.980. The molecule has 0 aliphatic rings. The minimum absolute atomic E-state index is 0.220. The van der Waals surface area contributed by atoms with Crippen molar-refractivity contribution in [3.63, 3.8) is 0 Å². The molecule has 0 aromatic carbocycles. The molecule has 1 rings (SSSR count). The highest BCUT2D eigenvalue weighted by molar-refractivity contribution is 7.99. The number of carbonyl (C=O) groups is 1. The maximum atomic E-state index is 11.0. The molecule has 7 heteroatoms. The second-order valence-electron chi connectivity index (χ2n) is 3.16. The molecule has 1 atom stereocenters. The van der Waals surface area contributed by atoms with Gasteiger partial charge in [-0.25, -0.2) is 9.78 Å². The van der Waals surface area contributed by atoms with Gasteiger partial charge in [-0.05, 0) is 13.3 Å². The number of hydrogen-bond donors (Lipinski definition) is 2. The van der Waals surface area contributed by atoms with Crippen molar-refractivity contribution in [2.45, 2.75) is 24.6 Å². The SMILES string of the molecule is CCOC(CCSc1nccc(=O)[nH]1)C(=O)O. The predicted octanol–water partition coefficient (Wildman–Crippen LogP) is 0.742. The molecule has 0 fully saturated rings. The summed E-state index contributed by atoms with van der Waals surface area (Å²) in [5, 5.41) is 9.32. The van der Waals surface area contributed by atoms with Crippen molar-refractivity contribution in [1.82, 2.24) is 9.97 Å². The van der Waals surface area contributed by atoms with Crippen molar-refractivity contribution in [1.29, 1.82) is 0 Å². The van der Waals surface area contributed by atoms with Crippen LogP contribution in [0.4, 0.5) is 0 Å². The van der Waals surface area contributed by atoms with Crippen molar-refractivity contribution < 1.29 is 14.6 Å². The molecule has 0 saturated heterocycles. The zero-order valence-corrected chi connectivity index (χ0v) is 10.2. The molecule has 94 valence electrons. The van der Waals surface area contributed by atoms with Crippen LogP contribution in [0, 0.1) is 0 Å². The molecule has 1 heterocycles. The molecule has 17 heavy (non-hydrogen) atoms. The number of carboxylic acids is 1. The van der Waals surface area contributed by atoms with Gasteiger partial charge in [0, 0.05) is 24.6 Å². The molecule has 1 unspecified atom stereocenters. The maximum absolute atomic E-state index is 11.0. The summed E-state index contributed by atoms with van der Waals surface area (Å²) in [4.78, 5) is 28.2. The lowest BCUT2D eigenvalue weighted by atomic mass is 10.3. The van der Waals surface area contributed by atoms with Crippen LogP contribution in [0.15, 0.2) is 22.2 Å². The van der Waals surface area contributed by atoms with Crippen LogP contribution >= 0.6 is 11.8 Å². The maximum Gasteiger partial charge on any atom is 0.332 e. The Morgan fingerprint density at radius 1 is 1.71 bits per heavy atom. The second kappa shape index (κ2) is 7.08. The number of nitrogens with one attached hydrogen (secondary N) is 1. The van der Waals surface area contributed by atoms with Gasteiger partial charge in [-0.15, -0.1) is 0 Å². The van der Waals surface area contributed by atoms with Crippen LogP contribution in [0.5, 0.6) is 0 Å². The first kappa shape index (κ1) is 13.7. The number of hydrogen-bond acceptors (Lipinski definition) is 5. The first-order valence-electron chi connectivity index (χ1n) is 5.16. The highest BCUT2D eigenvalue weighted by atomic mass is 32.2. The van der Waals surface area contributed by atoms with Gasteiger partial charge in [0.1, 0.15) is 0 Å². The van der Waals surface area contributed by atoms with E-state index in [1.165, 1.54) is 24.0 Å². The molecule has 0 amide bonds. The number of ether oxygens (including phenoxy) is 1. The summed E-state index contributed by atoms with van der Waals surface area (Å²) >= 11 is 1.30. The highest BCUT2D eigenvalue weighted by Crippen LogP contribution is 2.13. The Morgan fingerprint density at radius 3 is 3.06 bits per heavy atom. The normalized spacial score (nSPS) is 12.3. The molecule has 1 aromatic rings. The van der Waals surface area contributed by atoms with E-state index in [-0.39, 0.29) is 5.56 Å². The fraction of sp³-hybridized carbons (Fsp3) is 0.500. The van der Waals surface area contributed by atoms with E-state index in [1.54, 1.807) is 6.92 Å². The Balaban J connectivity index is 2.40. The van der Waals surface area contributed by atoms with E-state index in [1.807, 2.05) is 0 Å². The fourth-order valence-corrected chi connectivity index (χ4v) is 2.00. The van der Waals surface area contributed by atoms with E-state index in [0.717, 1.165) is 0 Å². The summed E-state index contributed by atoms with van der Waals surface area (Å²) in [5.41, 5.74) is -0.220. The molecule has 0 spiro atoms. The molecule has 0 saturated carbocycles. The van der Waals surface area contributed by atoms with Gasteiger partial charge < -0.3 is 14.8 Å². The number of carboxylic acid groups (broad SMARTS) is 1. The molecule has 0 aliphatic heterocycles. The number of H-pyrrole nitrogens is 1. The molecule has 6 nitrogen and oxygen atoms in total. The number of thioether (sulfide) groups is 1. The minimum atomic E-state index is -0.970. The predicted molar refractivity (Wildman–Crippen MR) is 63.2 cm³/mol. The largest absolute Gasteiger partial charge is 0.479 e. The molecule has 2 N–H and O–H groups in total. The van der Waals surface area contributed by atoms with Crippen LogP contribution in [-0.4, -0.2) is 39.5 Å². The van der Waals surface area contributed by atoms with Crippen LogP contribution in [0.3, 0.4) is 0 Å². The third-order valence-electron chi connectivity index (χ3n) is 1.91. The van der Waals surface area contributed by atoms with Crippen LogP contribution in [-0.2, 0) is 9.53 Å². The van der Waals surface area contributed by atoms with Crippen molar-refractivity contribution in [3.05, 3.63) is 22.6 Å². The Morgan fingerprint density at radius 2 is 2.47 bits per heavy atom. The lowest BCUT2D eigenvalue weighted by molar-refractivity contribution is -0.150. The number of rotatable bonds is 7. The lowest BCUT2D eigenvalue weighted by Gasteiger charge is -2.11. The Hall–Kier alpha value is -1.34. The summed E-state index contributed by atoms with van der Waals surface area (Å²) < 4.78 is 5.06. The van der Waals surface area contributed by atoms with Gasteiger partial charge in [-0.3, -0.25) is 4.79 Å². The average Bonchev–Trinajstić information content (AvgIpc) is 2.28. The summed E-state index contributed by atoms with van der Waals surface area (Å²) in [6.45, 7) is 2.11. The van der Waals surface area contributed by atoms with E-state index >= 15 is 0 Å². The Bertz CT molecular complexity index is 421. The first-order chi connectivity index (χ1) is 8.13. The topological polar surface area (TPSA) is 92.3 Å². The molecule has 1 aromatic heterocycles. The smallest absolute Gasteiger partial charge is 0.332 e. The van der Waals surface area contributed by atoms with E-state index < -0.39 is 12.1 Å². The standard InChI is InChI=1S/C10H14N2O4S/c1-2-16-7(9(14)15)4-6-17-10-11-5-3-8(13)12-10/h3,5,7H,2,4,6H2,1H3,(H,14,15)(H,11,12,13). The van der Waals surface area contributed by atoms with E-state index in [9.17, 15) is 9.59 Å². The minimum Gasteiger partial charge on any atom is -0.479 e. The van der Waals surface area contributed by atoms with Crippen molar-refractivity contribution >= 4 is 17.7 Å². The quantitative estimate of drug-likeness (QED) is 0.553. The fourth-order valence-electron chi connectivity index (χ4n) is 1.17. The van der Waals surface area contributed by atoms with E-state index in [4.69, 9.17) is 9.84 Å². The third kappa shape index (κ3) is 5.01. The van der Waals surface area contributed by atoms with Gasteiger partial charge >= 0.3 is 5.97 Å². The Kier molecular flexibility index (Phi) is 5.71. The molecule has 0 bridgehead atoms. The first-order valence-corrected chi connectivity index (χ1v) is 6.14. The Labute approximate surface area is 102 Å². The van der Waals surface area contributed by atoms with Crippen LogP contribution in [0.1, 0.15) is 13.3 Å². The van der Waals surface area contributed by atoms with Crippen LogP contribution in [0.2, 0.25) is 0 Å². The lowest BCUT2D eigenvalue weighted by Crippen LogP contribution is -2.24. The third-order valence-corrected chi connectivity index (χ3v) is 2.83. The monoisotopic (exact) mass is 258 g/mol. The number of aromatic nitrogens is 2. The van der Waals surface area contributed by atoms with E-state index in [2.05, 4.69) is 9.97 Å². The van der Waals surface area contributed by atoms with Gasteiger partial charge in [-0.1, -0.05) is 11.8 Å². The van der Waals surface area contributed by atoms with Crippen LogP contribution < -0.4 is 5.56 Å².